The molecule has 5 heteroatoms. The summed E-state index contributed by atoms with van der Waals surface area (Å²) in [5.74, 6) is -0.158. The third-order valence-corrected chi connectivity index (χ3v) is 3.83. The van der Waals surface area contributed by atoms with Gasteiger partial charge in [0.25, 0.3) is 0 Å². The number of likely N-dealkylation sites (N-methyl/N-ethyl adjacent to an activating group) is 1. The molecule has 2 N–H and O–H groups in total. The van der Waals surface area contributed by atoms with Gasteiger partial charge in [-0.2, -0.15) is 0 Å². The van der Waals surface area contributed by atoms with Gasteiger partial charge in [0.15, 0.2) is 0 Å². The Kier molecular flexibility index (Phi) is 5.14. The highest BCUT2D eigenvalue weighted by molar-refractivity contribution is 5.85. The fourth-order valence-electron chi connectivity index (χ4n) is 2.25. The number of amides is 1. The highest BCUT2D eigenvalue weighted by atomic mass is 16.4. The average Bonchev–Trinajstić information content (AvgIpc) is 2.36. The van der Waals surface area contributed by atoms with Gasteiger partial charge in [-0.15, -0.1) is 0 Å². The summed E-state index contributed by atoms with van der Waals surface area (Å²) in [5, 5.41) is 11.7. The lowest BCUT2D eigenvalue weighted by Crippen LogP contribution is -2.54. The summed E-state index contributed by atoms with van der Waals surface area (Å²) in [6, 6.07) is 0. The van der Waals surface area contributed by atoms with Crippen LogP contribution in [0.15, 0.2) is 0 Å². The zero-order chi connectivity index (χ0) is 13.8. The fourth-order valence-corrected chi connectivity index (χ4v) is 2.25. The van der Waals surface area contributed by atoms with Gasteiger partial charge in [0.05, 0.1) is 5.54 Å². The summed E-state index contributed by atoms with van der Waals surface area (Å²) in [4.78, 5) is 24.6. The predicted octanol–water partition coefficient (Wildman–Crippen LogP) is 1.09. The first-order valence-corrected chi connectivity index (χ1v) is 6.57. The molecule has 0 atom stereocenters. The molecule has 5 nitrogen and oxygen atoms in total. The molecule has 1 fully saturated rings. The highest BCUT2D eigenvalue weighted by Crippen LogP contribution is 2.23. The van der Waals surface area contributed by atoms with Gasteiger partial charge in [-0.05, 0) is 46.1 Å². The summed E-state index contributed by atoms with van der Waals surface area (Å²) in [5.41, 5.74) is -0.520. The van der Waals surface area contributed by atoms with Gasteiger partial charge in [0.1, 0.15) is 0 Å². The maximum atomic E-state index is 12.2. The summed E-state index contributed by atoms with van der Waals surface area (Å²) >= 11 is 0. The molecule has 0 saturated carbocycles. The minimum absolute atomic E-state index is 0.127. The van der Waals surface area contributed by atoms with Crippen molar-refractivity contribution in [3.63, 3.8) is 0 Å². The molecule has 0 bridgehead atoms. The smallest absolute Gasteiger partial charge is 0.303 e. The molecule has 18 heavy (non-hydrogen) atoms. The van der Waals surface area contributed by atoms with Gasteiger partial charge in [-0.3, -0.25) is 9.59 Å². The Labute approximate surface area is 109 Å². The molecular formula is C13H24N2O3. The van der Waals surface area contributed by atoms with Gasteiger partial charge in [-0.25, -0.2) is 0 Å². The van der Waals surface area contributed by atoms with Crippen molar-refractivity contribution in [3.05, 3.63) is 0 Å². The standard InChI is InChI=1S/C13H24N2O3/c1-13(2,14-3)12(18)15-8-6-10(7-9-15)4-5-11(16)17/h10,14H,4-9H2,1-3H3,(H,16,17). The summed E-state index contributed by atoms with van der Waals surface area (Å²) in [7, 11) is 1.79. The predicted molar refractivity (Wildman–Crippen MR) is 69.3 cm³/mol. The Morgan fingerprint density at radius 3 is 2.33 bits per heavy atom. The number of hydrogen-bond donors (Lipinski definition) is 2. The van der Waals surface area contributed by atoms with Crippen LogP contribution in [-0.2, 0) is 9.59 Å². The summed E-state index contributed by atoms with van der Waals surface area (Å²) in [6.45, 7) is 5.25. The molecule has 104 valence electrons. The average molecular weight is 256 g/mol. The first-order valence-electron chi connectivity index (χ1n) is 6.57. The van der Waals surface area contributed by atoms with E-state index in [1.54, 1.807) is 7.05 Å². The third-order valence-electron chi connectivity index (χ3n) is 3.83. The van der Waals surface area contributed by atoms with Crippen molar-refractivity contribution in [1.82, 2.24) is 10.2 Å². The van der Waals surface area contributed by atoms with Crippen LogP contribution in [0.2, 0.25) is 0 Å². The molecule has 0 aromatic heterocycles. The number of carboxylic acid groups (broad SMARTS) is 1. The molecule has 1 rings (SSSR count). The van der Waals surface area contributed by atoms with E-state index in [-0.39, 0.29) is 12.3 Å². The van der Waals surface area contributed by atoms with E-state index in [9.17, 15) is 9.59 Å². The van der Waals surface area contributed by atoms with E-state index in [4.69, 9.17) is 5.11 Å². The van der Waals surface area contributed by atoms with Gasteiger partial charge in [-0.1, -0.05) is 0 Å². The Bertz CT molecular complexity index is 307. The van der Waals surface area contributed by atoms with E-state index < -0.39 is 11.5 Å². The molecule has 0 aromatic carbocycles. The second-order valence-corrected chi connectivity index (χ2v) is 5.54. The van der Waals surface area contributed by atoms with Crippen molar-refractivity contribution >= 4 is 11.9 Å². The molecule has 0 aliphatic carbocycles. The highest BCUT2D eigenvalue weighted by Gasteiger charge is 2.32. The first kappa shape index (κ1) is 15.0. The van der Waals surface area contributed by atoms with Gasteiger partial charge in [0.2, 0.25) is 5.91 Å². The topological polar surface area (TPSA) is 69.6 Å². The van der Waals surface area contributed by atoms with Crippen molar-refractivity contribution in [1.29, 1.82) is 0 Å². The van der Waals surface area contributed by atoms with Crippen LogP contribution in [-0.4, -0.2) is 47.6 Å². The quantitative estimate of drug-likeness (QED) is 0.772. The molecule has 1 aliphatic heterocycles. The van der Waals surface area contributed by atoms with Crippen LogP contribution in [0.1, 0.15) is 39.5 Å². The monoisotopic (exact) mass is 256 g/mol. The lowest BCUT2D eigenvalue weighted by atomic mass is 9.91. The number of carbonyl (C=O) groups excluding carboxylic acids is 1. The zero-order valence-corrected chi connectivity index (χ0v) is 11.5. The lowest BCUT2D eigenvalue weighted by Gasteiger charge is -2.36. The Morgan fingerprint density at radius 2 is 1.89 bits per heavy atom. The Morgan fingerprint density at radius 1 is 1.33 bits per heavy atom. The number of aliphatic carboxylic acids is 1. The van der Waals surface area contributed by atoms with Crippen molar-refractivity contribution in [2.24, 2.45) is 5.92 Å². The normalized spacial score (nSPS) is 17.8. The minimum Gasteiger partial charge on any atom is -0.481 e. The minimum atomic E-state index is -0.732. The third kappa shape index (κ3) is 3.98. The van der Waals surface area contributed by atoms with Gasteiger partial charge < -0.3 is 15.3 Å². The van der Waals surface area contributed by atoms with E-state index in [0.717, 1.165) is 32.4 Å². The molecule has 0 spiro atoms. The lowest BCUT2D eigenvalue weighted by molar-refractivity contribution is -0.140. The second kappa shape index (κ2) is 6.18. The molecule has 0 aromatic rings. The van der Waals surface area contributed by atoms with Crippen LogP contribution in [0.4, 0.5) is 0 Å². The number of nitrogens with zero attached hydrogens (tertiary/aromatic N) is 1. The number of piperidine rings is 1. The van der Waals surface area contributed by atoms with Crippen molar-refractivity contribution in [3.8, 4) is 0 Å². The maximum Gasteiger partial charge on any atom is 0.303 e. The fraction of sp³-hybridized carbons (Fsp3) is 0.846. The molecular weight excluding hydrogens is 232 g/mol. The van der Waals surface area contributed by atoms with Crippen molar-refractivity contribution < 1.29 is 14.7 Å². The summed E-state index contributed by atoms with van der Waals surface area (Å²) in [6.07, 6.45) is 2.80. The van der Waals surface area contributed by atoms with Crippen molar-refractivity contribution in [2.75, 3.05) is 20.1 Å². The van der Waals surface area contributed by atoms with Gasteiger partial charge in [0, 0.05) is 19.5 Å². The zero-order valence-electron chi connectivity index (χ0n) is 11.5. The Balaban J connectivity index is 2.39. The molecule has 1 heterocycles. The van der Waals surface area contributed by atoms with Crippen LogP contribution in [0.5, 0.6) is 0 Å². The first-order chi connectivity index (χ1) is 8.36. The largest absolute Gasteiger partial charge is 0.481 e. The SMILES string of the molecule is CNC(C)(C)C(=O)N1CCC(CCC(=O)O)CC1. The number of nitrogens with one attached hydrogen (secondary N) is 1. The number of carboxylic acids is 1. The molecule has 1 saturated heterocycles. The Hall–Kier alpha value is -1.10. The van der Waals surface area contributed by atoms with E-state index in [1.165, 1.54) is 0 Å². The van der Waals surface area contributed by atoms with Crippen LogP contribution < -0.4 is 5.32 Å². The van der Waals surface area contributed by atoms with Crippen LogP contribution in [0.25, 0.3) is 0 Å². The van der Waals surface area contributed by atoms with Crippen LogP contribution in [0, 0.1) is 5.92 Å². The number of rotatable bonds is 5. The molecule has 0 radical (unpaired) electrons. The maximum absolute atomic E-state index is 12.2. The van der Waals surface area contributed by atoms with Crippen molar-refractivity contribution in [2.45, 2.75) is 45.1 Å². The number of likely N-dealkylation sites (tertiary alicyclic amines) is 1. The van der Waals surface area contributed by atoms with E-state index in [2.05, 4.69) is 5.32 Å². The number of carbonyl (C=O) groups is 2. The summed E-state index contributed by atoms with van der Waals surface area (Å²) < 4.78 is 0. The van der Waals surface area contributed by atoms with E-state index in [0.29, 0.717) is 5.92 Å². The van der Waals surface area contributed by atoms with Crippen LogP contribution in [0.3, 0.4) is 0 Å². The molecule has 0 unspecified atom stereocenters. The van der Waals surface area contributed by atoms with E-state index >= 15 is 0 Å². The van der Waals surface area contributed by atoms with E-state index in [1.807, 2.05) is 18.7 Å². The van der Waals surface area contributed by atoms with Crippen LogP contribution >= 0.6 is 0 Å². The second-order valence-electron chi connectivity index (χ2n) is 5.54. The molecule has 1 amide bonds. The number of hydrogen-bond acceptors (Lipinski definition) is 3. The van der Waals surface area contributed by atoms with Gasteiger partial charge >= 0.3 is 5.97 Å². The molecule has 1 aliphatic rings.